The number of hydrogen-bond acceptors (Lipinski definition) is 2. The first-order valence-electron chi connectivity index (χ1n) is 8.15. The third-order valence-corrected chi connectivity index (χ3v) is 4.58. The molecular formula is C19H16F4N2O2. The summed E-state index contributed by atoms with van der Waals surface area (Å²) in [6.07, 6.45) is 0. The van der Waals surface area contributed by atoms with Crippen LogP contribution in [-0.4, -0.2) is 30.3 Å². The third-order valence-electron chi connectivity index (χ3n) is 4.58. The minimum atomic E-state index is -1.72. The lowest BCUT2D eigenvalue weighted by molar-refractivity contribution is -0.135. The van der Waals surface area contributed by atoms with Gasteiger partial charge >= 0.3 is 0 Å². The fourth-order valence-corrected chi connectivity index (χ4v) is 3.30. The summed E-state index contributed by atoms with van der Waals surface area (Å²) in [6.45, 7) is 1.85. The summed E-state index contributed by atoms with van der Waals surface area (Å²) in [5, 5.41) is 2.14. The third kappa shape index (κ3) is 3.51. The van der Waals surface area contributed by atoms with Gasteiger partial charge in [-0.05, 0) is 42.3 Å². The fourth-order valence-electron chi connectivity index (χ4n) is 3.30. The molecule has 1 fully saturated rings. The topological polar surface area (TPSA) is 49.4 Å². The minimum absolute atomic E-state index is 0.167. The number of nitrogens with zero attached hydrogens (tertiary/aromatic N) is 1. The van der Waals surface area contributed by atoms with Gasteiger partial charge in [0.25, 0.3) is 0 Å². The van der Waals surface area contributed by atoms with Gasteiger partial charge in [0.05, 0.1) is 5.69 Å². The normalized spacial score (nSPS) is 19.5. The number of likely N-dealkylation sites (N-methyl/N-ethyl adjacent to an activating group) is 1. The molecule has 2 aromatic carbocycles. The van der Waals surface area contributed by atoms with E-state index in [0.29, 0.717) is 17.2 Å². The lowest BCUT2D eigenvalue weighted by Gasteiger charge is -2.18. The van der Waals surface area contributed by atoms with Gasteiger partial charge in [-0.2, -0.15) is 0 Å². The Hall–Kier alpha value is -2.90. The Balaban J connectivity index is 1.93. The summed E-state index contributed by atoms with van der Waals surface area (Å²) < 4.78 is 54.0. The molecule has 0 bridgehead atoms. The van der Waals surface area contributed by atoms with Crippen LogP contribution in [0.4, 0.5) is 23.2 Å². The molecule has 0 aliphatic carbocycles. The van der Waals surface area contributed by atoms with Gasteiger partial charge < -0.3 is 10.2 Å². The number of hydrogen-bond donors (Lipinski definition) is 1. The highest BCUT2D eigenvalue weighted by Gasteiger charge is 2.44. The van der Waals surface area contributed by atoms with E-state index in [1.807, 2.05) is 0 Å². The van der Waals surface area contributed by atoms with E-state index in [4.69, 9.17) is 0 Å². The highest BCUT2D eigenvalue weighted by Crippen LogP contribution is 2.35. The number of carbonyl (C=O) groups is 2. The molecule has 0 aromatic heterocycles. The summed E-state index contributed by atoms with van der Waals surface area (Å²) in [7, 11) is 1.49. The molecule has 2 atom stereocenters. The molecule has 0 radical (unpaired) electrons. The van der Waals surface area contributed by atoms with Crippen molar-refractivity contribution in [2.75, 3.05) is 18.9 Å². The number of rotatable bonds is 3. The number of amides is 2. The second-order valence-electron chi connectivity index (χ2n) is 6.58. The second kappa shape index (κ2) is 7.02. The van der Waals surface area contributed by atoms with Gasteiger partial charge in [-0.15, -0.1) is 0 Å². The van der Waals surface area contributed by atoms with Gasteiger partial charge in [0.15, 0.2) is 17.5 Å². The average Bonchev–Trinajstić information content (AvgIpc) is 2.90. The summed E-state index contributed by atoms with van der Waals surface area (Å²) in [4.78, 5) is 26.4. The Morgan fingerprint density at radius 1 is 1.11 bits per heavy atom. The SMILES string of the molecule is Cc1cc(F)cc([C@H]2CN(C)C(=O)[C@@H]2C(=O)Nc2ccc(F)c(F)c2F)c1. The number of benzene rings is 2. The van der Waals surface area contributed by atoms with Crippen molar-refractivity contribution >= 4 is 17.5 Å². The largest absolute Gasteiger partial charge is 0.344 e. The van der Waals surface area contributed by atoms with E-state index in [-0.39, 0.29) is 6.54 Å². The van der Waals surface area contributed by atoms with Crippen molar-refractivity contribution in [3.8, 4) is 0 Å². The monoisotopic (exact) mass is 380 g/mol. The summed E-state index contributed by atoms with van der Waals surface area (Å²) in [5.41, 5.74) is 0.504. The van der Waals surface area contributed by atoms with E-state index in [1.165, 1.54) is 24.1 Å². The molecule has 4 nitrogen and oxygen atoms in total. The van der Waals surface area contributed by atoms with Gasteiger partial charge in [-0.1, -0.05) is 6.07 Å². The van der Waals surface area contributed by atoms with E-state index in [2.05, 4.69) is 5.32 Å². The maximum Gasteiger partial charge on any atom is 0.237 e. The Bertz CT molecular complexity index is 912. The summed E-state index contributed by atoms with van der Waals surface area (Å²) in [5.74, 6) is -8.48. The zero-order valence-corrected chi connectivity index (χ0v) is 14.5. The minimum Gasteiger partial charge on any atom is -0.344 e. The molecule has 2 amide bonds. The number of aryl methyl sites for hydroxylation is 1. The average molecular weight is 380 g/mol. The first kappa shape index (κ1) is 18.9. The van der Waals surface area contributed by atoms with Crippen LogP contribution in [-0.2, 0) is 9.59 Å². The van der Waals surface area contributed by atoms with Gasteiger partial charge in [0.1, 0.15) is 11.7 Å². The van der Waals surface area contributed by atoms with Crippen molar-refractivity contribution in [1.82, 2.24) is 4.90 Å². The molecule has 2 aromatic rings. The maximum absolute atomic E-state index is 13.8. The van der Waals surface area contributed by atoms with Crippen molar-refractivity contribution in [1.29, 1.82) is 0 Å². The molecule has 1 aliphatic heterocycles. The highest BCUT2D eigenvalue weighted by molar-refractivity contribution is 6.08. The quantitative estimate of drug-likeness (QED) is 0.504. The molecule has 1 N–H and O–H groups in total. The summed E-state index contributed by atoms with van der Waals surface area (Å²) in [6, 6.07) is 5.76. The van der Waals surface area contributed by atoms with Crippen LogP contribution in [0.1, 0.15) is 17.0 Å². The van der Waals surface area contributed by atoms with E-state index >= 15 is 0 Å². The van der Waals surface area contributed by atoms with Crippen molar-refractivity contribution in [2.45, 2.75) is 12.8 Å². The highest BCUT2D eigenvalue weighted by atomic mass is 19.2. The van der Waals surface area contributed by atoms with Crippen molar-refractivity contribution < 1.29 is 27.2 Å². The Morgan fingerprint density at radius 2 is 1.81 bits per heavy atom. The van der Waals surface area contributed by atoms with Crippen LogP contribution in [0.2, 0.25) is 0 Å². The van der Waals surface area contributed by atoms with Gasteiger partial charge in [-0.25, -0.2) is 17.6 Å². The van der Waals surface area contributed by atoms with E-state index < -0.39 is 52.6 Å². The molecule has 27 heavy (non-hydrogen) atoms. The van der Waals surface area contributed by atoms with Crippen LogP contribution in [0.25, 0.3) is 0 Å². The fraction of sp³-hybridized carbons (Fsp3) is 0.263. The van der Waals surface area contributed by atoms with Crippen molar-refractivity contribution in [2.24, 2.45) is 5.92 Å². The number of likely N-dealkylation sites (tertiary alicyclic amines) is 1. The zero-order chi connectivity index (χ0) is 19.9. The smallest absolute Gasteiger partial charge is 0.237 e. The molecule has 142 valence electrons. The van der Waals surface area contributed by atoms with E-state index in [0.717, 1.165) is 6.07 Å². The van der Waals surface area contributed by atoms with E-state index in [9.17, 15) is 27.2 Å². The summed E-state index contributed by atoms with van der Waals surface area (Å²) >= 11 is 0. The molecule has 1 saturated heterocycles. The first-order valence-corrected chi connectivity index (χ1v) is 8.15. The van der Waals surface area contributed by atoms with Crippen molar-refractivity contribution in [3.63, 3.8) is 0 Å². The Kier molecular flexibility index (Phi) is 4.91. The van der Waals surface area contributed by atoms with Crippen LogP contribution in [0.5, 0.6) is 0 Å². The van der Waals surface area contributed by atoms with Gasteiger partial charge in [0.2, 0.25) is 11.8 Å². The van der Waals surface area contributed by atoms with Crippen LogP contribution >= 0.6 is 0 Å². The molecule has 8 heteroatoms. The first-order chi connectivity index (χ1) is 12.7. The zero-order valence-electron chi connectivity index (χ0n) is 14.5. The molecular weight excluding hydrogens is 364 g/mol. The molecule has 1 heterocycles. The van der Waals surface area contributed by atoms with Crippen LogP contribution in [0.3, 0.4) is 0 Å². The lowest BCUT2D eigenvalue weighted by atomic mass is 9.87. The van der Waals surface area contributed by atoms with Crippen LogP contribution in [0.15, 0.2) is 30.3 Å². The standard InChI is InChI=1S/C19H16F4N2O2/c1-9-5-10(7-11(20)6-9)12-8-25(2)19(27)15(12)18(26)24-14-4-3-13(21)16(22)17(14)23/h3-7,12,15H,8H2,1-2H3,(H,24,26)/t12-,15+/m1/s1. The number of halogens is 4. The van der Waals surface area contributed by atoms with Gasteiger partial charge in [0, 0.05) is 19.5 Å². The van der Waals surface area contributed by atoms with E-state index in [1.54, 1.807) is 13.0 Å². The molecule has 0 saturated carbocycles. The second-order valence-corrected chi connectivity index (χ2v) is 6.58. The van der Waals surface area contributed by atoms with Crippen molar-refractivity contribution in [3.05, 3.63) is 64.7 Å². The predicted molar refractivity (Wildman–Crippen MR) is 90.0 cm³/mol. The maximum atomic E-state index is 13.8. The molecule has 0 spiro atoms. The number of carbonyl (C=O) groups excluding carboxylic acids is 2. The molecule has 1 aliphatic rings. The van der Waals surface area contributed by atoms with Crippen LogP contribution < -0.4 is 5.32 Å². The predicted octanol–water partition coefficient (Wildman–Crippen LogP) is 3.36. The number of anilines is 1. The van der Waals surface area contributed by atoms with Gasteiger partial charge in [-0.3, -0.25) is 9.59 Å². The van der Waals surface area contributed by atoms with Crippen LogP contribution in [0, 0.1) is 36.1 Å². The lowest BCUT2D eigenvalue weighted by Crippen LogP contribution is -2.33. The Labute approximate surface area is 152 Å². The Morgan fingerprint density at radius 3 is 2.48 bits per heavy atom. The molecule has 3 rings (SSSR count). The molecule has 0 unspecified atom stereocenters. The number of nitrogens with one attached hydrogen (secondary N) is 1.